The Morgan fingerprint density at radius 3 is 2.93 bits per heavy atom. The number of nitrogens with one attached hydrogen (secondary N) is 1. The van der Waals surface area contributed by atoms with Crippen LogP contribution in [0.3, 0.4) is 0 Å². The van der Waals surface area contributed by atoms with Gasteiger partial charge in [0.05, 0.1) is 0 Å². The van der Waals surface area contributed by atoms with E-state index in [-0.39, 0.29) is 5.63 Å². The standard InChI is InChI=1S/C20H22ClN3O2S/c1-12-8-17-15(10-16(12)21)14(9-19(25)26-17)11-27-20-22-18(23-24-20)7-6-13-4-2-3-5-13/h8-10,13H,2-7,11H2,1H3,(H,22,23,24). The van der Waals surface area contributed by atoms with Gasteiger partial charge in [-0.05, 0) is 42.5 Å². The number of hydrogen-bond acceptors (Lipinski definition) is 5. The molecule has 1 saturated carbocycles. The lowest BCUT2D eigenvalue weighted by atomic mass is 10.0. The molecular formula is C20H22ClN3O2S. The van der Waals surface area contributed by atoms with Crippen LogP contribution >= 0.6 is 23.4 Å². The van der Waals surface area contributed by atoms with Crippen LogP contribution in [-0.2, 0) is 12.2 Å². The molecule has 1 fully saturated rings. The number of rotatable bonds is 6. The molecule has 0 bridgehead atoms. The lowest BCUT2D eigenvalue weighted by molar-refractivity contribution is 0.497. The van der Waals surface area contributed by atoms with Gasteiger partial charge in [-0.25, -0.2) is 9.78 Å². The highest BCUT2D eigenvalue weighted by Gasteiger charge is 2.16. The number of aromatic amines is 1. The number of benzene rings is 1. The largest absolute Gasteiger partial charge is 0.423 e. The Morgan fingerprint density at radius 2 is 2.11 bits per heavy atom. The number of nitrogens with zero attached hydrogens (tertiary/aromatic N) is 2. The molecule has 7 heteroatoms. The zero-order chi connectivity index (χ0) is 18.8. The Morgan fingerprint density at radius 1 is 1.30 bits per heavy atom. The highest BCUT2D eigenvalue weighted by Crippen LogP contribution is 2.30. The van der Waals surface area contributed by atoms with Crippen LogP contribution in [0.15, 0.2) is 32.6 Å². The number of H-pyrrole nitrogens is 1. The van der Waals surface area contributed by atoms with Gasteiger partial charge in [-0.3, -0.25) is 5.10 Å². The number of aryl methyl sites for hydroxylation is 2. The van der Waals surface area contributed by atoms with Gasteiger partial charge in [0.1, 0.15) is 11.4 Å². The molecule has 142 valence electrons. The minimum Gasteiger partial charge on any atom is -0.423 e. The van der Waals surface area contributed by atoms with Gasteiger partial charge in [-0.15, -0.1) is 5.10 Å². The topological polar surface area (TPSA) is 71.8 Å². The first-order chi connectivity index (χ1) is 13.1. The zero-order valence-corrected chi connectivity index (χ0v) is 16.8. The highest BCUT2D eigenvalue weighted by atomic mass is 35.5. The molecule has 0 aliphatic heterocycles. The summed E-state index contributed by atoms with van der Waals surface area (Å²) in [4.78, 5) is 16.5. The molecule has 0 unspecified atom stereocenters. The van der Waals surface area contributed by atoms with Gasteiger partial charge in [0.25, 0.3) is 0 Å². The smallest absolute Gasteiger partial charge is 0.336 e. The summed E-state index contributed by atoms with van der Waals surface area (Å²) in [5.74, 6) is 2.37. The van der Waals surface area contributed by atoms with E-state index < -0.39 is 0 Å². The Labute approximate surface area is 166 Å². The van der Waals surface area contributed by atoms with Crippen molar-refractivity contribution >= 4 is 34.3 Å². The van der Waals surface area contributed by atoms with E-state index in [1.54, 1.807) is 6.07 Å². The van der Waals surface area contributed by atoms with Crippen LogP contribution in [0.2, 0.25) is 5.02 Å². The van der Waals surface area contributed by atoms with E-state index in [0.29, 0.717) is 21.5 Å². The van der Waals surface area contributed by atoms with Crippen LogP contribution in [-0.4, -0.2) is 15.2 Å². The predicted molar refractivity (Wildman–Crippen MR) is 108 cm³/mol. The van der Waals surface area contributed by atoms with Gasteiger partial charge in [-0.1, -0.05) is 49.0 Å². The van der Waals surface area contributed by atoms with Crippen molar-refractivity contribution in [3.8, 4) is 0 Å². The van der Waals surface area contributed by atoms with Crippen LogP contribution in [0.4, 0.5) is 0 Å². The van der Waals surface area contributed by atoms with Crippen molar-refractivity contribution in [2.75, 3.05) is 0 Å². The van der Waals surface area contributed by atoms with Crippen LogP contribution < -0.4 is 5.63 Å². The van der Waals surface area contributed by atoms with Crippen molar-refractivity contribution in [1.82, 2.24) is 15.2 Å². The quantitative estimate of drug-likeness (QED) is 0.447. The molecule has 3 aromatic rings. The molecule has 5 nitrogen and oxygen atoms in total. The van der Waals surface area contributed by atoms with E-state index in [4.69, 9.17) is 16.0 Å². The summed E-state index contributed by atoms with van der Waals surface area (Å²) in [6, 6.07) is 5.19. The van der Waals surface area contributed by atoms with Crippen molar-refractivity contribution in [1.29, 1.82) is 0 Å². The first-order valence-electron chi connectivity index (χ1n) is 9.35. The fourth-order valence-electron chi connectivity index (χ4n) is 3.70. The van der Waals surface area contributed by atoms with Crippen molar-refractivity contribution in [3.63, 3.8) is 0 Å². The summed E-state index contributed by atoms with van der Waals surface area (Å²) >= 11 is 7.76. The predicted octanol–water partition coefficient (Wildman–Crippen LogP) is 5.29. The molecule has 4 rings (SSSR count). The van der Waals surface area contributed by atoms with E-state index in [1.807, 2.05) is 13.0 Å². The van der Waals surface area contributed by atoms with E-state index in [0.717, 1.165) is 34.7 Å². The Bertz CT molecular complexity index is 1010. The molecule has 2 heterocycles. The van der Waals surface area contributed by atoms with Crippen LogP contribution in [0.5, 0.6) is 0 Å². The number of aromatic nitrogens is 3. The molecule has 27 heavy (non-hydrogen) atoms. The van der Waals surface area contributed by atoms with E-state index >= 15 is 0 Å². The normalized spacial score (nSPS) is 15.0. The third-order valence-corrected chi connectivity index (χ3v) is 6.54. The molecule has 0 amide bonds. The first kappa shape index (κ1) is 18.6. The average Bonchev–Trinajstić information content (AvgIpc) is 3.31. The minimum absolute atomic E-state index is 0.355. The van der Waals surface area contributed by atoms with E-state index in [1.165, 1.54) is 49.9 Å². The summed E-state index contributed by atoms with van der Waals surface area (Å²) in [5.41, 5.74) is 1.97. The summed E-state index contributed by atoms with van der Waals surface area (Å²) in [5, 5.41) is 9.58. The average molecular weight is 404 g/mol. The van der Waals surface area contributed by atoms with Crippen LogP contribution in [0.25, 0.3) is 11.0 Å². The van der Waals surface area contributed by atoms with Crippen molar-refractivity contribution < 1.29 is 4.42 Å². The second-order valence-electron chi connectivity index (χ2n) is 7.23. The lowest BCUT2D eigenvalue weighted by Crippen LogP contribution is -2.00. The monoisotopic (exact) mass is 403 g/mol. The van der Waals surface area contributed by atoms with Gasteiger partial charge in [0.2, 0.25) is 5.16 Å². The Hall–Kier alpha value is -1.79. The fraction of sp³-hybridized carbons (Fsp3) is 0.450. The molecule has 0 radical (unpaired) electrons. The molecule has 1 aliphatic rings. The molecule has 2 aromatic heterocycles. The minimum atomic E-state index is -0.355. The molecule has 0 atom stereocenters. The Kier molecular flexibility index (Phi) is 5.55. The summed E-state index contributed by atoms with van der Waals surface area (Å²) in [6.07, 6.45) is 7.56. The SMILES string of the molecule is Cc1cc2oc(=O)cc(CSc3n[nH]c(CCC4CCCC4)n3)c2cc1Cl. The highest BCUT2D eigenvalue weighted by molar-refractivity contribution is 7.98. The Balaban J connectivity index is 1.45. The van der Waals surface area contributed by atoms with E-state index in [2.05, 4.69) is 15.2 Å². The molecule has 0 spiro atoms. The molecular weight excluding hydrogens is 382 g/mol. The summed E-state index contributed by atoms with van der Waals surface area (Å²) in [7, 11) is 0. The zero-order valence-electron chi connectivity index (χ0n) is 15.3. The molecule has 1 aromatic carbocycles. The molecule has 0 saturated heterocycles. The van der Waals surface area contributed by atoms with Gasteiger partial charge >= 0.3 is 5.63 Å². The number of hydrogen-bond donors (Lipinski definition) is 1. The third kappa shape index (κ3) is 4.38. The maximum atomic E-state index is 11.9. The summed E-state index contributed by atoms with van der Waals surface area (Å²) in [6.45, 7) is 1.89. The number of thioether (sulfide) groups is 1. The molecule has 1 aliphatic carbocycles. The van der Waals surface area contributed by atoms with E-state index in [9.17, 15) is 4.79 Å². The third-order valence-electron chi connectivity index (χ3n) is 5.24. The van der Waals surface area contributed by atoms with Gasteiger partial charge in [0.15, 0.2) is 0 Å². The summed E-state index contributed by atoms with van der Waals surface area (Å²) < 4.78 is 5.31. The van der Waals surface area contributed by atoms with Gasteiger partial charge in [-0.2, -0.15) is 0 Å². The van der Waals surface area contributed by atoms with Crippen molar-refractivity contribution in [3.05, 3.63) is 50.6 Å². The van der Waals surface area contributed by atoms with Gasteiger partial charge in [0, 0.05) is 28.6 Å². The molecule has 1 N–H and O–H groups in total. The van der Waals surface area contributed by atoms with Crippen molar-refractivity contribution in [2.45, 2.75) is 56.4 Å². The lowest BCUT2D eigenvalue weighted by Gasteiger charge is -2.06. The van der Waals surface area contributed by atoms with Crippen molar-refractivity contribution in [2.24, 2.45) is 5.92 Å². The number of halogens is 1. The second-order valence-corrected chi connectivity index (χ2v) is 8.58. The van der Waals surface area contributed by atoms with Crippen LogP contribution in [0.1, 0.15) is 49.1 Å². The number of fused-ring (bicyclic) bond motifs is 1. The fourth-order valence-corrected chi connectivity index (χ4v) is 4.68. The maximum Gasteiger partial charge on any atom is 0.336 e. The second kappa shape index (κ2) is 8.07. The maximum absolute atomic E-state index is 11.9. The van der Waals surface area contributed by atoms with Crippen LogP contribution in [0, 0.1) is 12.8 Å². The first-order valence-corrected chi connectivity index (χ1v) is 10.7. The van der Waals surface area contributed by atoms with Gasteiger partial charge < -0.3 is 4.42 Å².